The molecule has 0 atom stereocenters. The van der Waals surface area contributed by atoms with Gasteiger partial charge in [0.1, 0.15) is 6.61 Å². The fraction of sp³-hybridized carbons (Fsp3) is 0.0667. The minimum atomic E-state index is -4.46. The summed E-state index contributed by atoms with van der Waals surface area (Å²) in [5, 5.41) is 19.6. The Morgan fingerprint density at radius 3 is 2.44 bits per heavy atom. The molecule has 1 amide bonds. The molecule has 0 spiro atoms. The molecule has 0 unspecified atom stereocenters. The lowest BCUT2D eigenvalue weighted by molar-refractivity contribution is -0.387. The molecule has 2 aromatic rings. The minimum Gasteiger partial charge on any atom is -0.444 e. The van der Waals surface area contributed by atoms with Gasteiger partial charge in [0.2, 0.25) is 0 Å². The first-order chi connectivity index (χ1) is 11.8. The number of nitrogens with one attached hydrogen (secondary N) is 1. The van der Waals surface area contributed by atoms with Crippen LogP contribution in [0.4, 0.5) is 10.5 Å². The van der Waals surface area contributed by atoms with E-state index in [9.17, 15) is 23.3 Å². The Balaban J connectivity index is 2.06. The molecule has 2 rings (SSSR count). The summed E-state index contributed by atoms with van der Waals surface area (Å²) < 4.78 is 30.6. The lowest BCUT2D eigenvalue weighted by atomic mass is 10.2. The number of benzene rings is 2. The van der Waals surface area contributed by atoms with Gasteiger partial charge in [0, 0.05) is 6.07 Å². The highest BCUT2D eigenvalue weighted by Crippen LogP contribution is 2.22. The average molecular weight is 361 g/mol. The van der Waals surface area contributed by atoms with E-state index in [0.29, 0.717) is 11.1 Å². The topological polar surface area (TPSA) is 139 Å². The SMILES string of the molecule is N#Cc1ccc(COC(=O)NS(=O)(=O)c2ccccc2[N+](=O)[O-])cc1. The Hall–Kier alpha value is -3.45. The highest BCUT2D eigenvalue weighted by atomic mass is 32.2. The lowest BCUT2D eigenvalue weighted by Crippen LogP contribution is -2.31. The van der Waals surface area contributed by atoms with Crippen LogP contribution in [0.5, 0.6) is 0 Å². The molecule has 0 bridgehead atoms. The number of carbonyl (C=O) groups excluding carboxylic acids is 1. The lowest BCUT2D eigenvalue weighted by Gasteiger charge is -2.08. The first-order valence-electron chi connectivity index (χ1n) is 6.75. The van der Waals surface area contributed by atoms with Crippen molar-refractivity contribution < 1.29 is 22.9 Å². The highest BCUT2D eigenvalue weighted by Gasteiger charge is 2.27. The molecule has 128 valence electrons. The predicted octanol–water partition coefficient (Wildman–Crippen LogP) is 2.08. The van der Waals surface area contributed by atoms with Crippen molar-refractivity contribution in [3.63, 3.8) is 0 Å². The van der Waals surface area contributed by atoms with E-state index in [0.717, 1.165) is 12.1 Å². The zero-order valence-electron chi connectivity index (χ0n) is 12.6. The summed E-state index contributed by atoms with van der Waals surface area (Å²) in [4.78, 5) is 21.1. The number of nitrogens with zero attached hydrogens (tertiary/aromatic N) is 2. The number of para-hydroxylation sites is 1. The maximum atomic E-state index is 12.1. The van der Waals surface area contributed by atoms with Crippen LogP contribution in [0.2, 0.25) is 0 Å². The third-order valence-electron chi connectivity index (χ3n) is 3.02. The van der Waals surface area contributed by atoms with Crippen LogP contribution in [-0.2, 0) is 21.4 Å². The van der Waals surface area contributed by atoms with E-state index < -0.39 is 31.6 Å². The Labute approximate surface area is 142 Å². The van der Waals surface area contributed by atoms with E-state index in [1.807, 2.05) is 6.07 Å². The van der Waals surface area contributed by atoms with Crippen LogP contribution >= 0.6 is 0 Å². The van der Waals surface area contributed by atoms with Crippen LogP contribution in [0.15, 0.2) is 53.4 Å². The maximum absolute atomic E-state index is 12.1. The molecular formula is C15H11N3O6S. The Morgan fingerprint density at radius 1 is 1.20 bits per heavy atom. The second-order valence-electron chi connectivity index (χ2n) is 4.72. The van der Waals surface area contributed by atoms with Crippen molar-refractivity contribution in [3.8, 4) is 6.07 Å². The molecule has 0 aliphatic rings. The van der Waals surface area contributed by atoms with Gasteiger partial charge in [-0.2, -0.15) is 5.26 Å². The van der Waals surface area contributed by atoms with Crippen LogP contribution < -0.4 is 4.72 Å². The van der Waals surface area contributed by atoms with Crippen LogP contribution in [0.1, 0.15) is 11.1 Å². The third-order valence-corrected chi connectivity index (χ3v) is 4.38. The quantitative estimate of drug-likeness (QED) is 0.635. The first-order valence-corrected chi connectivity index (χ1v) is 8.24. The summed E-state index contributed by atoms with van der Waals surface area (Å²) in [7, 11) is -4.46. The van der Waals surface area contributed by atoms with E-state index in [4.69, 9.17) is 10.00 Å². The predicted molar refractivity (Wildman–Crippen MR) is 84.8 cm³/mol. The molecule has 0 fully saturated rings. The van der Waals surface area contributed by atoms with Crippen molar-refractivity contribution in [1.82, 2.24) is 4.72 Å². The van der Waals surface area contributed by atoms with E-state index in [1.165, 1.54) is 24.3 Å². The van der Waals surface area contributed by atoms with Gasteiger partial charge >= 0.3 is 6.09 Å². The van der Waals surface area contributed by atoms with Crippen molar-refractivity contribution in [2.45, 2.75) is 11.5 Å². The molecule has 0 saturated heterocycles. The standard InChI is InChI=1S/C15H11N3O6S/c16-9-11-5-7-12(8-6-11)10-24-15(19)17-25(22,23)14-4-2-1-3-13(14)18(20)21/h1-8H,10H2,(H,17,19). The van der Waals surface area contributed by atoms with E-state index in [1.54, 1.807) is 16.9 Å². The molecule has 10 heteroatoms. The van der Waals surface area contributed by atoms with Gasteiger partial charge in [-0.3, -0.25) is 10.1 Å². The molecule has 9 nitrogen and oxygen atoms in total. The number of nitro benzene ring substituents is 1. The second-order valence-corrected chi connectivity index (χ2v) is 6.37. The molecular weight excluding hydrogens is 350 g/mol. The summed E-state index contributed by atoms with van der Waals surface area (Å²) in [6.45, 7) is -0.232. The van der Waals surface area contributed by atoms with Crippen molar-refractivity contribution in [3.05, 3.63) is 69.8 Å². The Kier molecular flexibility index (Phi) is 5.31. The number of carbonyl (C=O) groups is 1. The van der Waals surface area contributed by atoms with Crippen LogP contribution in [-0.4, -0.2) is 19.4 Å². The zero-order chi connectivity index (χ0) is 18.4. The van der Waals surface area contributed by atoms with Crippen molar-refractivity contribution in [2.24, 2.45) is 0 Å². The number of hydrogen-bond acceptors (Lipinski definition) is 7. The molecule has 0 radical (unpaired) electrons. The van der Waals surface area contributed by atoms with Crippen LogP contribution in [0.25, 0.3) is 0 Å². The minimum absolute atomic E-state index is 0.232. The number of nitro groups is 1. The average Bonchev–Trinajstić information content (AvgIpc) is 2.60. The van der Waals surface area contributed by atoms with Crippen molar-refractivity contribution >= 4 is 21.8 Å². The first kappa shape index (κ1) is 17.9. The number of amides is 1. The Bertz CT molecular complexity index is 948. The fourth-order valence-corrected chi connectivity index (χ4v) is 2.92. The molecule has 0 heterocycles. The highest BCUT2D eigenvalue weighted by molar-refractivity contribution is 7.90. The summed E-state index contributed by atoms with van der Waals surface area (Å²) in [5.74, 6) is 0. The van der Waals surface area contributed by atoms with Gasteiger partial charge in [-0.25, -0.2) is 17.9 Å². The number of ether oxygens (including phenoxy) is 1. The summed E-state index contributed by atoms with van der Waals surface area (Å²) in [6.07, 6.45) is -1.28. The second kappa shape index (κ2) is 7.41. The van der Waals surface area contributed by atoms with Gasteiger partial charge in [0.05, 0.1) is 16.6 Å². The van der Waals surface area contributed by atoms with E-state index >= 15 is 0 Å². The van der Waals surface area contributed by atoms with Gasteiger partial charge in [-0.05, 0) is 23.8 Å². The number of hydrogen-bond donors (Lipinski definition) is 1. The van der Waals surface area contributed by atoms with Crippen molar-refractivity contribution in [1.29, 1.82) is 5.26 Å². The van der Waals surface area contributed by atoms with E-state index in [2.05, 4.69) is 0 Å². The van der Waals surface area contributed by atoms with Gasteiger partial charge in [-0.15, -0.1) is 0 Å². The monoisotopic (exact) mass is 361 g/mol. The molecule has 0 aliphatic carbocycles. The summed E-state index contributed by atoms with van der Waals surface area (Å²) in [6, 6.07) is 12.7. The number of nitriles is 1. The molecule has 1 N–H and O–H groups in total. The maximum Gasteiger partial charge on any atom is 0.421 e. The van der Waals surface area contributed by atoms with Crippen LogP contribution in [0.3, 0.4) is 0 Å². The summed E-state index contributed by atoms with van der Waals surface area (Å²) >= 11 is 0. The van der Waals surface area contributed by atoms with Gasteiger partial charge in [-0.1, -0.05) is 24.3 Å². The van der Waals surface area contributed by atoms with Gasteiger partial charge in [0.15, 0.2) is 4.90 Å². The number of sulfonamides is 1. The third kappa shape index (κ3) is 4.52. The van der Waals surface area contributed by atoms with Crippen molar-refractivity contribution in [2.75, 3.05) is 0 Å². The molecule has 0 saturated carbocycles. The van der Waals surface area contributed by atoms with Crippen LogP contribution in [0, 0.1) is 21.4 Å². The van der Waals surface area contributed by atoms with Gasteiger partial charge < -0.3 is 4.74 Å². The fourth-order valence-electron chi connectivity index (χ4n) is 1.85. The zero-order valence-corrected chi connectivity index (χ0v) is 13.4. The smallest absolute Gasteiger partial charge is 0.421 e. The van der Waals surface area contributed by atoms with Gasteiger partial charge in [0.25, 0.3) is 15.7 Å². The summed E-state index contributed by atoms with van der Waals surface area (Å²) in [5.41, 5.74) is 0.305. The van der Waals surface area contributed by atoms with E-state index in [-0.39, 0.29) is 6.61 Å². The molecule has 0 aromatic heterocycles. The Morgan fingerprint density at radius 2 is 1.84 bits per heavy atom. The molecule has 25 heavy (non-hydrogen) atoms. The largest absolute Gasteiger partial charge is 0.444 e. The molecule has 2 aromatic carbocycles. The molecule has 0 aliphatic heterocycles. The number of rotatable bonds is 5. The normalized spacial score (nSPS) is 10.5.